The molecule has 0 atom stereocenters. The van der Waals surface area contributed by atoms with Gasteiger partial charge in [-0.15, -0.1) is 0 Å². The standard InChI is InChI=1S/C29H24/c1-19-7-11-24-22(17-19)9-13-28-26(24)15-16-27-25-12-8-21(20-5-3-2-4-6-20)18-23(25)10-14-29(27)28/h2-8,11-12,15-18H,9-10,13-14H2,1H3. The highest BCUT2D eigenvalue weighted by Gasteiger charge is 2.24. The van der Waals surface area contributed by atoms with Crippen molar-refractivity contribution in [2.45, 2.75) is 32.6 Å². The molecule has 0 aromatic heterocycles. The van der Waals surface area contributed by atoms with Gasteiger partial charge in [-0.25, -0.2) is 0 Å². The van der Waals surface area contributed by atoms with E-state index < -0.39 is 0 Å². The second-order valence-corrected chi connectivity index (χ2v) is 8.52. The van der Waals surface area contributed by atoms with Crippen molar-refractivity contribution in [1.29, 1.82) is 0 Å². The van der Waals surface area contributed by atoms with Crippen molar-refractivity contribution < 1.29 is 0 Å². The van der Waals surface area contributed by atoms with Crippen LogP contribution < -0.4 is 0 Å². The second kappa shape index (κ2) is 6.46. The predicted octanol–water partition coefficient (Wildman–Crippen LogP) is 7.19. The van der Waals surface area contributed by atoms with Crippen LogP contribution in [0.2, 0.25) is 0 Å². The third-order valence-corrected chi connectivity index (χ3v) is 6.77. The molecule has 0 amide bonds. The van der Waals surface area contributed by atoms with Gasteiger partial charge in [-0.1, -0.05) is 84.4 Å². The first-order chi connectivity index (χ1) is 14.3. The van der Waals surface area contributed by atoms with E-state index in [0.29, 0.717) is 0 Å². The van der Waals surface area contributed by atoms with Crippen molar-refractivity contribution in [3.05, 3.63) is 107 Å². The van der Waals surface area contributed by atoms with Crippen LogP contribution in [-0.2, 0) is 25.7 Å². The number of hydrogen-bond donors (Lipinski definition) is 0. The van der Waals surface area contributed by atoms with Crippen molar-refractivity contribution in [3.63, 3.8) is 0 Å². The maximum absolute atomic E-state index is 2.41. The average molecular weight is 373 g/mol. The van der Waals surface area contributed by atoms with Gasteiger partial charge in [0.2, 0.25) is 0 Å². The number of benzene rings is 4. The fourth-order valence-corrected chi connectivity index (χ4v) is 5.35. The van der Waals surface area contributed by atoms with Crippen LogP contribution in [0.5, 0.6) is 0 Å². The molecule has 29 heavy (non-hydrogen) atoms. The molecule has 2 aliphatic rings. The van der Waals surface area contributed by atoms with Crippen LogP contribution in [0, 0.1) is 6.92 Å². The summed E-state index contributed by atoms with van der Waals surface area (Å²) in [7, 11) is 0. The Morgan fingerprint density at radius 2 is 1.07 bits per heavy atom. The summed E-state index contributed by atoms with van der Waals surface area (Å²) in [4.78, 5) is 0. The minimum Gasteiger partial charge on any atom is -0.0622 e. The highest BCUT2D eigenvalue weighted by molar-refractivity contribution is 5.83. The van der Waals surface area contributed by atoms with E-state index in [1.54, 1.807) is 11.1 Å². The van der Waals surface area contributed by atoms with Crippen LogP contribution in [0.15, 0.2) is 78.9 Å². The molecule has 0 N–H and O–H groups in total. The maximum atomic E-state index is 2.41. The fraction of sp³-hybridized carbons (Fsp3) is 0.172. The highest BCUT2D eigenvalue weighted by atomic mass is 14.3. The zero-order valence-corrected chi connectivity index (χ0v) is 16.8. The Morgan fingerprint density at radius 1 is 0.483 bits per heavy atom. The lowest BCUT2D eigenvalue weighted by Gasteiger charge is -2.28. The molecule has 0 bridgehead atoms. The van der Waals surface area contributed by atoms with E-state index in [2.05, 4.69) is 85.8 Å². The van der Waals surface area contributed by atoms with Crippen molar-refractivity contribution in [2.75, 3.05) is 0 Å². The van der Waals surface area contributed by atoms with Gasteiger partial charge in [-0.05, 0) is 88.2 Å². The Bertz CT molecular complexity index is 1240. The molecule has 0 saturated heterocycles. The zero-order chi connectivity index (χ0) is 19.4. The number of rotatable bonds is 1. The van der Waals surface area contributed by atoms with Crippen LogP contribution in [-0.4, -0.2) is 0 Å². The monoisotopic (exact) mass is 372 g/mol. The fourth-order valence-electron chi connectivity index (χ4n) is 5.35. The molecule has 0 unspecified atom stereocenters. The summed E-state index contributed by atoms with van der Waals surface area (Å²) in [5.74, 6) is 0. The topological polar surface area (TPSA) is 0 Å². The van der Waals surface area contributed by atoms with Gasteiger partial charge in [0.05, 0.1) is 0 Å². The van der Waals surface area contributed by atoms with Gasteiger partial charge in [-0.2, -0.15) is 0 Å². The summed E-state index contributed by atoms with van der Waals surface area (Å²) in [6, 6.07) is 29.5. The lowest BCUT2D eigenvalue weighted by molar-refractivity contribution is 0.874. The summed E-state index contributed by atoms with van der Waals surface area (Å²) in [6.45, 7) is 2.20. The Balaban J connectivity index is 1.47. The van der Waals surface area contributed by atoms with E-state index in [-0.39, 0.29) is 0 Å². The summed E-state index contributed by atoms with van der Waals surface area (Å²) in [6.07, 6.45) is 4.64. The van der Waals surface area contributed by atoms with Gasteiger partial charge in [0, 0.05) is 0 Å². The molecule has 0 saturated carbocycles. The van der Waals surface area contributed by atoms with E-state index >= 15 is 0 Å². The molecule has 140 valence electrons. The Morgan fingerprint density at radius 3 is 1.76 bits per heavy atom. The molecule has 0 heteroatoms. The van der Waals surface area contributed by atoms with Crippen molar-refractivity contribution in [3.8, 4) is 33.4 Å². The molecule has 0 nitrogen and oxygen atoms in total. The minimum atomic E-state index is 1.14. The van der Waals surface area contributed by atoms with Crippen LogP contribution >= 0.6 is 0 Å². The molecule has 0 heterocycles. The maximum Gasteiger partial charge on any atom is -0.0146 e. The summed E-state index contributed by atoms with van der Waals surface area (Å²) < 4.78 is 0. The normalized spacial score (nSPS) is 13.8. The summed E-state index contributed by atoms with van der Waals surface area (Å²) >= 11 is 0. The number of hydrogen-bond acceptors (Lipinski definition) is 0. The molecular formula is C29H24. The lowest BCUT2D eigenvalue weighted by Crippen LogP contribution is -2.12. The Hall–Kier alpha value is -3.12. The van der Waals surface area contributed by atoms with E-state index in [4.69, 9.17) is 0 Å². The van der Waals surface area contributed by atoms with Crippen molar-refractivity contribution in [2.24, 2.45) is 0 Å². The minimum absolute atomic E-state index is 1.14. The van der Waals surface area contributed by atoms with Crippen molar-refractivity contribution in [1.82, 2.24) is 0 Å². The van der Waals surface area contributed by atoms with E-state index in [0.717, 1.165) is 12.8 Å². The van der Waals surface area contributed by atoms with Gasteiger partial charge < -0.3 is 0 Å². The van der Waals surface area contributed by atoms with Crippen LogP contribution in [0.4, 0.5) is 0 Å². The van der Waals surface area contributed by atoms with Crippen LogP contribution in [0.3, 0.4) is 0 Å². The lowest BCUT2D eigenvalue weighted by atomic mass is 9.76. The van der Waals surface area contributed by atoms with Gasteiger partial charge in [0.15, 0.2) is 0 Å². The zero-order valence-electron chi connectivity index (χ0n) is 16.8. The van der Waals surface area contributed by atoms with E-state index in [1.807, 2.05) is 0 Å². The smallest absolute Gasteiger partial charge is 0.0146 e. The molecule has 4 aromatic carbocycles. The SMILES string of the molecule is Cc1ccc2c(c1)CCc1c-2ccc2c1CCc1cc(-c3ccccc3)ccc1-2. The predicted molar refractivity (Wildman–Crippen MR) is 122 cm³/mol. The molecule has 4 aromatic rings. The van der Waals surface area contributed by atoms with Gasteiger partial charge in [0.1, 0.15) is 0 Å². The third kappa shape index (κ3) is 2.67. The van der Waals surface area contributed by atoms with E-state index in [9.17, 15) is 0 Å². The molecule has 0 radical (unpaired) electrons. The van der Waals surface area contributed by atoms with E-state index in [1.165, 1.54) is 62.9 Å². The Labute approximate surface area is 172 Å². The molecule has 0 fully saturated rings. The first-order valence-corrected chi connectivity index (χ1v) is 10.7. The molecule has 2 aliphatic carbocycles. The van der Waals surface area contributed by atoms with Gasteiger partial charge in [0.25, 0.3) is 0 Å². The quantitative estimate of drug-likeness (QED) is 0.331. The molecular weight excluding hydrogens is 348 g/mol. The Kier molecular flexibility index (Phi) is 3.74. The van der Waals surface area contributed by atoms with Crippen molar-refractivity contribution >= 4 is 0 Å². The largest absolute Gasteiger partial charge is 0.0622 e. The first-order valence-electron chi connectivity index (χ1n) is 10.7. The summed E-state index contributed by atoms with van der Waals surface area (Å²) in [5.41, 5.74) is 16.0. The molecule has 6 rings (SSSR count). The third-order valence-electron chi connectivity index (χ3n) is 6.77. The van der Waals surface area contributed by atoms with Gasteiger partial charge >= 0.3 is 0 Å². The highest BCUT2D eigenvalue weighted by Crippen LogP contribution is 2.43. The second-order valence-electron chi connectivity index (χ2n) is 8.52. The van der Waals surface area contributed by atoms with Crippen LogP contribution in [0.25, 0.3) is 33.4 Å². The average Bonchev–Trinajstić information content (AvgIpc) is 2.78. The summed E-state index contributed by atoms with van der Waals surface area (Å²) in [5, 5.41) is 0. The van der Waals surface area contributed by atoms with Gasteiger partial charge in [-0.3, -0.25) is 0 Å². The number of aryl methyl sites for hydroxylation is 3. The first kappa shape index (κ1) is 16.8. The molecule has 0 aliphatic heterocycles. The number of fused-ring (bicyclic) bond motifs is 7. The molecule has 0 spiro atoms. The van der Waals surface area contributed by atoms with Crippen LogP contribution in [0.1, 0.15) is 27.8 Å².